The summed E-state index contributed by atoms with van der Waals surface area (Å²) in [5.41, 5.74) is 0.338. The first-order chi connectivity index (χ1) is 7.71. The molecule has 1 unspecified atom stereocenters. The van der Waals surface area contributed by atoms with Crippen molar-refractivity contribution in [2.45, 2.75) is 32.3 Å². The van der Waals surface area contributed by atoms with Gasteiger partial charge in [0.2, 0.25) is 0 Å². The number of oxime groups is 1. The Hall–Kier alpha value is -1.10. The second kappa shape index (κ2) is 4.41. The Morgan fingerprint density at radius 3 is 2.88 bits per heavy atom. The van der Waals surface area contributed by atoms with Gasteiger partial charge in [-0.3, -0.25) is 4.79 Å². The Balaban J connectivity index is 1.99. The summed E-state index contributed by atoms with van der Waals surface area (Å²) < 4.78 is 0. The molecule has 0 saturated carbocycles. The van der Waals surface area contributed by atoms with Gasteiger partial charge in [-0.25, -0.2) is 0 Å². The first-order valence-corrected chi connectivity index (χ1v) is 5.96. The van der Waals surface area contributed by atoms with Gasteiger partial charge in [-0.15, -0.1) is 0 Å². The van der Waals surface area contributed by atoms with Crippen LogP contribution in [-0.2, 0) is 9.63 Å². The molecular weight excluding hydrogens is 206 g/mol. The maximum absolute atomic E-state index is 12.0. The van der Waals surface area contributed by atoms with Crippen molar-refractivity contribution in [3.63, 3.8) is 0 Å². The number of nitrogens with one attached hydrogen (secondary N) is 1. The highest BCUT2D eigenvalue weighted by Gasteiger charge is 2.44. The maximum atomic E-state index is 12.0. The molecule has 5 nitrogen and oxygen atoms in total. The molecule has 1 saturated heterocycles. The van der Waals surface area contributed by atoms with Crippen LogP contribution in [0.4, 0.5) is 0 Å². The van der Waals surface area contributed by atoms with Gasteiger partial charge < -0.3 is 15.1 Å². The molecule has 90 valence electrons. The molecule has 16 heavy (non-hydrogen) atoms. The molecule has 5 heteroatoms. The van der Waals surface area contributed by atoms with Gasteiger partial charge >= 0.3 is 0 Å². The summed E-state index contributed by atoms with van der Waals surface area (Å²) in [7, 11) is 0. The summed E-state index contributed by atoms with van der Waals surface area (Å²) in [5.74, 6) is 0.0220. The SMILES string of the molecule is CCN(CC)C(=O)C1=NOC2(CCNC2)C1. The largest absolute Gasteiger partial charge is 0.387 e. The Morgan fingerprint density at radius 1 is 1.56 bits per heavy atom. The topological polar surface area (TPSA) is 53.9 Å². The molecule has 0 aromatic heterocycles. The van der Waals surface area contributed by atoms with E-state index in [4.69, 9.17) is 4.84 Å². The Labute approximate surface area is 95.8 Å². The van der Waals surface area contributed by atoms with Crippen molar-refractivity contribution in [2.24, 2.45) is 5.16 Å². The van der Waals surface area contributed by atoms with Crippen LogP contribution < -0.4 is 5.32 Å². The summed E-state index contributed by atoms with van der Waals surface area (Å²) in [6.07, 6.45) is 1.58. The molecule has 0 radical (unpaired) electrons. The molecule has 1 atom stereocenters. The van der Waals surface area contributed by atoms with Crippen LogP contribution in [0.25, 0.3) is 0 Å². The van der Waals surface area contributed by atoms with E-state index >= 15 is 0 Å². The standard InChI is InChI=1S/C11H19N3O2/c1-3-14(4-2)10(15)9-7-11(16-13-9)5-6-12-8-11/h12H,3-8H2,1-2H3. The molecule has 0 aromatic carbocycles. The van der Waals surface area contributed by atoms with Crippen LogP contribution in [0.2, 0.25) is 0 Å². The van der Waals surface area contributed by atoms with Gasteiger partial charge in [0.15, 0.2) is 5.60 Å². The lowest BCUT2D eigenvalue weighted by molar-refractivity contribution is -0.123. The normalized spacial score (nSPS) is 28.0. The summed E-state index contributed by atoms with van der Waals surface area (Å²) in [5, 5.41) is 7.22. The van der Waals surface area contributed by atoms with Gasteiger partial charge in [-0.1, -0.05) is 5.16 Å². The molecule has 1 spiro atoms. The third-order valence-electron chi connectivity index (χ3n) is 3.34. The monoisotopic (exact) mass is 225 g/mol. The van der Waals surface area contributed by atoms with E-state index < -0.39 is 0 Å². The van der Waals surface area contributed by atoms with Crippen LogP contribution in [0.3, 0.4) is 0 Å². The lowest BCUT2D eigenvalue weighted by Crippen LogP contribution is -2.38. The number of nitrogens with zero attached hydrogens (tertiary/aromatic N) is 2. The number of hydrogen-bond donors (Lipinski definition) is 1. The number of rotatable bonds is 3. The molecule has 2 heterocycles. The van der Waals surface area contributed by atoms with Crippen molar-refractivity contribution in [1.82, 2.24) is 10.2 Å². The van der Waals surface area contributed by atoms with Crippen molar-refractivity contribution < 1.29 is 9.63 Å². The fourth-order valence-corrected chi connectivity index (χ4v) is 2.28. The Morgan fingerprint density at radius 2 is 2.31 bits per heavy atom. The molecule has 0 bridgehead atoms. The minimum absolute atomic E-state index is 0.0220. The molecule has 2 aliphatic heterocycles. The van der Waals surface area contributed by atoms with E-state index in [-0.39, 0.29) is 11.5 Å². The van der Waals surface area contributed by atoms with E-state index in [0.29, 0.717) is 12.1 Å². The van der Waals surface area contributed by atoms with Crippen LogP contribution in [-0.4, -0.2) is 48.3 Å². The van der Waals surface area contributed by atoms with Crippen LogP contribution in [0, 0.1) is 0 Å². The van der Waals surface area contributed by atoms with E-state index in [0.717, 1.165) is 32.6 Å². The van der Waals surface area contributed by atoms with Gasteiger partial charge in [-0.2, -0.15) is 0 Å². The van der Waals surface area contributed by atoms with E-state index in [1.165, 1.54) is 0 Å². The van der Waals surface area contributed by atoms with Crippen molar-refractivity contribution in [1.29, 1.82) is 0 Å². The summed E-state index contributed by atoms with van der Waals surface area (Å²) in [6, 6.07) is 0. The van der Waals surface area contributed by atoms with Gasteiger partial charge in [-0.05, 0) is 20.4 Å². The van der Waals surface area contributed by atoms with Crippen LogP contribution in [0.1, 0.15) is 26.7 Å². The quantitative estimate of drug-likeness (QED) is 0.754. The summed E-state index contributed by atoms with van der Waals surface area (Å²) in [6.45, 7) is 7.14. The lowest BCUT2D eigenvalue weighted by Gasteiger charge is -2.20. The number of carbonyl (C=O) groups is 1. The third-order valence-corrected chi connectivity index (χ3v) is 3.34. The number of amides is 1. The maximum Gasteiger partial charge on any atom is 0.271 e. The second-order valence-electron chi connectivity index (χ2n) is 4.39. The molecule has 2 rings (SSSR count). The summed E-state index contributed by atoms with van der Waals surface area (Å²) >= 11 is 0. The lowest BCUT2D eigenvalue weighted by atomic mass is 9.96. The molecule has 2 aliphatic rings. The van der Waals surface area contributed by atoms with Crippen LogP contribution >= 0.6 is 0 Å². The average Bonchev–Trinajstić information content (AvgIpc) is 2.91. The highest BCUT2D eigenvalue weighted by atomic mass is 16.7. The zero-order valence-corrected chi connectivity index (χ0v) is 9.95. The highest BCUT2D eigenvalue weighted by Crippen LogP contribution is 2.30. The second-order valence-corrected chi connectivity index (χ2v) is 4.39. The molecule has 1 amide bonds. The van der Waals surface area contributed by atoms with Gasteiger partial charge in [0.1, 0.15) is 5.71 Å². The fraction of sp³-hybridized carbons (Fsp3) is 0.818. The first kappa shape index (κ1) is 11.4. The predicted octanol–water partition coefficient (Wildman–Crippen LogP) is 0.363. The average molecular weight is 225 g/mol. The van der Waals surface area contributed by atoms with E-state index in [1.807, 2.05) is 13.8 Å². The fourth-order valence-electron chi connectivity index (χ4n) is 2.28. The van der Waals surface area contributed by atoms with Crippen molar-refractivity contribution in [3.05, 3.63) is 0 Å². The van der Waals surface area contributed by atoms with E-state index in [1.54, 1.807) is 4.90 Å². The first-order valence-electron chi connectivity index (χ1n) is 5.96. The Bertz CT molecular complexity index is 304. The smallest absolute Gasteiger partial charge is 0.271 e. The van der Waals surface area contributed by atoms with E-state index in [2.05, 4.69) is 10.5 Å². The van der Waals surface area contributed by atoms with Crippen LogP contribution in [0.15, 0.2) is 5.16 Å². The van der Waals surface area contributed by atoms with Crippen molar-refractivity contribution in [3.8, 4) is 0 Å². The zero-order chi connectivity index (χ0) is 11.6. The minimum Gasteiger partial charge on any atom is -0.387 e. The van der Waals surface area contributed by atoms with E-state index in [9.17, 15) is 4.79 Å². The number of hydrogen-bond acceptors (Lipinski definition) is 4. The zero-order valence-electron chi connectivity index (χ0n) is 9.95. The molecule has 0 aromatic rings. The molecular formula is C11H19N3O2. The van der Waals surface area contributed by atoms with Crippen molar-refractivity contribution >= 4 is 11.6 Å². The molecule has 1 fully saturated rings. The highest BCUT2D eigenvalue weighted by molar-refractivity contribution is 6.39. The van der Waals surface area contributed by atoms with Crippen molar-refractivity contribution in [2.75, 3.05) is 26.2 Å². The molecule has 0 aliphatic carbocycles. The predicted molar refractivity (Wildman–Crippen MR) is 61.3 cm³/mol. The minimum atomic E-state index is -0.238. The third kappa shape index (κ3) is 1.91. The Kier molecular flexibility index (Phi) is 3.14. The van der Waals surface area contributed by atoms with Gasteiger partial charge in [0, 0.05) is 32.5 Å². The molecule has 1 N–H and O–H groups in total. The van der Waals surface area contributed by atoms with Gasteiger partial charge in [0.25, 0.3) is 5.91 Å². The van der Waals surface area contributed by atoms with Gasteiger partial charge in [0.05, 0.1) is 0 Å². The summed E-state index contributed by atoms with van der Waals surface area (Å²) in [4.78, 5) is 19.3. The van der Waals surface area contributed by atoms with Crippen LogP contribution in [0.5, 0.6) is 0 Å². The number of carbonyl (C=O) groups excluding carboxylic acids is 1.